The number of hydrogen-bond donors (Lipinski definition) is 3. The highest BCUT2D eigenvalue weighted by Gasteiger charge is 2.20. The Morgan fingerprint density at radius 1 is 0.354 bits per heavy atom. The molecule has 0 saturated heterocycles. The zero-order valence-electron chi connectivity index (χ0n) is 53.6. The summed E-state index contributed by atoms with van der Waals surface area (Å²) >= 11 is 0. The first-order valence-electron chi connectivity index (χ1n) is 36.1. The first-order valence-corrected chi connectivity index (χ1v) is 36.1. The number of aliphatic hydroxyl groups is 2. The molecule has 0 bridgehead atoms. The van der Waals surface area contributed by atoms with Gasteiger partial charge in [-0.25, -0.2) is 0 Å². The van der Waals surface area contributed by atoms with Crippen molar-refractivity contribution in [2.45, 2.75) is 418 Å². The molecule has 0 aromatic carbocycles. The highest BCUT2D eigenvalue weighted by Crippen LogP contribution is 2.19. The maximum Gasteiger partial charge on any atom is 0.305 e. The van der Waals surface area contributed by atoms with E-state index in [-0.39, 0.29) is 18.5 Å². The zero-order chi connectivity index (χ0) is 57.1. The van der Waals surface area contributed by atoms with Crippen LogP contribution in [-0.4, -0.2) is 47.4 Å². The lowest BCUT2D eigenvalue weighted by atomic mass is 10.0. The third kappa shape index (κ3) is 65.4. The standard InChI is InChI=1S/C73H141NO5/c1-3-5-7-9-11-13-15-17-18-38-42-45-49-53-57-61-65-71(76)70(69-75)74-72(77)66-62-58-54-50-46-43-39-36-34-32-30-28-26-24-22-20-19-21-23-25-27-29-31-33-35-37-40-44-48-52-56-60-64-68-79-73(78)67-63-59-55-51-47-41-16-14-12-10-8-6-4-2/h8,10,14,16,70-71,75-76H,3-7,9,11-13,15,17-69H2,1-2H3,(H,74,77)/b10-8-,16-14-. The van der Waals surface area contributed by atoms with Gasteiger partial charge in [0, 0.05) is 12.8 Å². The molecule has 468 valence electrons. The summed E-state index contributed by atoms with van der Waals surface area (Å²) in [7, 11) is 0. The summed E-state index contributed by atoms with van der Waals surface area (Å²) in [5.74, 6) is -0.0199. The number of aliphatic hydroxyl groups excluding tert-OH is 2. The van der Waals surface area contributed by atoms with Crippen molar-refractivity contribution in [3.05, 3.63) is 24.3 Å². The lowest BCUT2D eigenvalue weighted by molar-refractivity contribution is -0.143. The smallest absolute Gasteiger partial charge is 0.305 e. The maximum absolute atomic E-state index is 12.5. The maximum atomic E-state index is 12.5. The van der Waals surface area contributed by atoms with E-state index in [9.17, 15) is 19.8 Å². The van der Waals surface area contributed by atoms with Gasteiger partial charge in [-0.05, 0) is 51.4 Å². The number of rotatable bonds is 68. The van der Waals surface area contributed by atoms with Crippen molar-refractivity contribution < 1.29 is 24.5 Å². The van der Waals surface area contributed by atoms with Crippen LogP contribution < -0.4 is 5.32 Å². The molecule has 0 saturated carbocycles. The lowest BCUT2D eigenvalue weighted by Crippen LogP contribution is -2.45. The number of hydrogen-bond acceptors (Lipinski definition) is 5. The van der Waals surface area contributed by atoms with Crippen molar-refractivity contribution >= 4 is 11.9 Å². The van der Waals surface area contributed by atoms with Gasteiger partial charge in [-0.3, -0.25) is 9.59 Å². The predicted molar refractivity (Wildman–Crippen MR) is 347 cm³/mol. The Hall–Kier alpha value is -1.66. The summed E-state index contributed by atoms with van der Waals surface area (Å²) < 4.78 is 5.48. The summed E-state index contributed by atoms with van der Waals surface area (Å²) in [5.41, 5.74) is 0. The van der Waals surface area contributed by atoms with Crippen LogP contribution in [0.15, 0.2) is 24.3 Å². The summed E-state index contributed by atoms with van der Waals surface area (Å²) in [6.07, 6.45) is 86.7. The second kappa shape index (κ2) is 68.8. The Labute approximate surface area is 494 Å². The third-order valence-corrected chi connectivity index (χ3v) is 17.0. The van der Waals surface area contributed by atoms with Gasteiger partial charge in [-0.2, -0.15) is 0 Å². The van der Waals surface area contributed by atoms with Gasteiger partial charge in [-0.1, -0.05) is 366 Å². The molecule has 2 unspecified atom stereocenters. The van der Waals surface area contributed by atoms with Gasteiger partial charge in [-0.15, -0.1) is 0 Å². The van der Waals surface area contributed by atoms with Crippen LogP contribution in [0.4, 0.5) is 0 Å². The summed E-state index contributed by atoms with van der Waals surface area (Å²) in [6, 6.07) is -0.537. The molecule has 0 heterocycles. The minimum atomic E-state index is -0.660. The van der Waals surface area contributed by atoms with Crippen LogP contribution in [0.3, 0.4) is 0 Å². The molecular weight excluding hydrogens is 971 g/mol. The fourth-order valence-electron chi connectivity index (χ4n) is 11.5. The van der Waals surface area contributed by atoms with E-state index in [1.165, 1.54) is 321 Å². The quantitative estimate of drug-likeness (QED) is 0.0320. The van der Waals surface area contributed by atoms with Crippen LogP contribution in [0.25, 0.3) is 0 Å². The van der Waals surface area contributed by atoms with E-state index in [2.05, 4.69) is 43.5 Å². The van der Waals surface area contributed by atoms with Gasteiger partial charge in [0.05, 0.1) is 25.4 Å². The molecule has 0 radical (unpaired) electrons. The predicted octanol–water partition coefficient (Wildman–Crippen LogP) is 23.3. The van der Waals surface area contributed by atoms with E-state index < -0.39 is 12.1 Å². The third-order valence-electron chi connectivity index (χ3n) is 17.0. The van der Waals surface area contributed by atoms with Gasteiger partial charge in [0.2, 0.25) is 5.91 Å². The van der Waals surface area contributed by atoms with Gasteiger partial charge < -0.3 is 20.3 Å². The largest absolute Gasteiger partial charge is 0.466 e. The van der Waals surface area contributed by atoms with Gasteiger partial charge in [0.25, 0.3) is 0 Å². The molecule has 0 aromatic rings. The van der Waals surface area contributed by atoms with E-state index >= 15 is 0 Å². The fourth-order valence-corrected chi connectivity index (χ4v) is 11.5. The molecule has 0 rings (SSSR count). The van der Waals surface area contributed by atoms with E-state index in [1.54, 1.807) is 0 Å². The van der Waals surface area contributed by atoms with Crippen LogP contribution in [0.5, 0.6) is 0 Å². The molecule has 3 N–H and O–H groups in total. The van der Waals surface area contributed by atoms with E-state index in [0.717, 1.165) is 51.4 Å². The molecule has 0 aliphatic rings. The van der Waals surface area contributed by atoms with E-state index in [1.807, 2.05) is 0 Å². The van der Waals surface area contributed by atoms with E-state index in [0.29, 0.717) is 25.9 Å². The lowest BCUT2D eigenvalue weighted by Gasteiger charge is -2.22. The fraction of sp³-hybridized carbons (Fsp3) is 0.918. The number of esters is 1. The van der Waals surface area contributed by atoms with E-state index in [4.69, 9.17) is 4.74 Å². The highest BCUT2D eigenvalue weighted by molar-refractivity contribution is 5.76. The van der Waals surface area contributed by atoms with Gasteiger partial charge in [0.15, 0.2) is 0 Å². The molecule has 0 aliphatic heterocycles. The molecule has 79 heavy (non-hydrogen) atoms. The van der Waals surface area contributed by atoms with Crippen LogP contribution in [0, 0.1) is 0 Å². The topological polar surface area (TPSA) is 95.9 Å². The molecule has 0 aromatic heterocycles. The Morgan fingerprint density at radius 3 is 1.01 bits per heavy atom. The average molecular weight is 1110 g/mol. The van der Waals surface area contributed by atoms with Crippen LogP contribution in [0.2, 0.25) is 0 Å². The van der Waals surface area contributed by atoms with Gasteiger partial charge >= 0.3 is 5.97 Å². The molecule has 2 atom stereocenters. The highest BCUT2D eigenvalue weighted by atomic mass is 16.5. The molecule has 0 aliphatic carbocycles. The van der Waals surface area contributed by atoms with Crippen molar-refractivity contribution in [1.82, 2.24) is 5.32 Å². The van der Waals surface area contributed by atoms with Gasteiger partial charge in [0.1, 0.15) is 0 Å². The molecular formula is C73H141NO5. The SMILES string of the molecule is CCC/C=C\C/C=C\CCCCCCCC(=O)OCCCCCCCCCCCCCCCCCCCCCCCCCCCCCCCCCCCC(=O)NC(CO)C(O)CCCCCCCCCCCCCCCCCC. The van der Waals surface area contributed by atoms with Crippen LogP contribution in [-0.2, 0) is 14.3 Å². The number of carbonyl (C=O) groups excluding carboxylic acids is 2. The van der Waals surface area contributed by atoms with Crippen molar-refractivity contribution in [3.8, 4) is 0 Å². The second-order valence-electron chi connectivity index (χ2n) is 24.9. The van der Waals surface area contributed by atoms with Crippen molar-refractivity contribution in [1.29, 1.82) is 0 Å². The number of unbranched alkanes of at least 4 members (excludes halogenated alkanes) is 53. The second-order valence-corrected chi connectivity index (χ2v) is 24.9. The first kappa shape index (κ1) is 77.3. The Bertz CT molecular complexity index is 1230. The number of amides is 1. The summed E-state index contributed by atoms with van der Waals surface area (Å²) in [6.45, 7) is 4.92. The van der Waals surface area contributed by atoms with Crippen molar-refractivity contribution in [2.24, 2.45) is 0 Å². The zero-order valence-corrected chi connectivity index (χ0v) is 53.6. The Balaban J connectivity index is 3.31. The summed E-state index contributed by atoms with van der Waals surface area (Å²) in [5, 5.41) is 23.4. The Kier molecular flexibility index (Phi) is 67.4. The Morgan fingerprint density at radius 2 is 0.658 bits per heavy atom. The first-order chi connectivity index (χ1) is 39.0. The number of nitrogens with one attached hydrogen (secondary N) is 1. The molecule has 6 heteroatoms. The number of allylic oxidation sites excluding steroid dienone is 4. The minimum Gasteiger partial charge on any atom is -0.466 e. The van der Waals surface area contributed by atoms with Crippen molar-refractivity contribution in [3.63, 3.8) is 0 Å². The average Bonchev–Trinajstić information content (AvgIpc) is 3.45. The molecule has 0 fully saturated rings. The minimum absolute atomic E-state index is 0.00682. The monoisotopic (exact) mass is 1110 g/mol. The van der Waals surface area contributed by atoms with Crippen LogP contribution in [0.1, 0.15) is 406 Å². The van der Waals surface area contributed by atoms with Crippen LogP contribution >= 0.6 is 0 Å². The molecule has 1 amide bonds. The van der Waals surface area contributed by atoms with Crippen molar-refractivity contribution in [2.75, 3.05) is 13.2 Å². The summed E-state index contributed by atoms with van der Waals surface area (Å²) in [4.78, 5) is 24.6. The number of carbonyl (C=O) groups is 2. The molecule has 0 spiro atoms. The number of ether oxygens (including phenoxy) is 1. The normalized spacial score (nSPS) is 12.6. The molecule has 6 nitrogen and oxygen atoms in total.